The summed E-state index contributed by atoms with van der Waals surface area (Å²) in [5, 5.41) is 5.18. The largest absolute Gasteiger partial charge is 0.310 e. The van der Waals surface area contributed by atoms with Crippen molar-refractivity contribution in [3.63, 3.8) is 0 Å². The fourth-order valence-corrected chi connectivity index (χ4v) is 14.3. The van der Waals surface area contributed by atoms with Crippen molar-refractivity contribution in [1.29, 1.82) is 0 Å². The lowest BCUT2D eigenvalue weighted by atomic mass is 9.68. The predicted octanol–water partition coefficient (Wildman–Crippen LogP) is 19.0. The van der Waals surface area contributed by atoms with Crippen LogP contribution in [0.2, 0.25) is 0 Å². The van der Waals surface area contributed by atoms with Crippen LogP contribution in [0.25, 0.3) is 81.0 Å². The van der Waals surface area contributed by atoms with Gasteiger partial charge in [0.2, 0.25) is 0 Å². The Labute approximate surface area is 429 Å². The topological polar surface area (TPSA) is 8.17 Å². The molecule has 0 saturated heterocycles. The zero-order chi connectivity index (χ0) is 48.4. The maximum Gasteiger partial charge on any atom is 0.0714 e. The van der Waals surface area contributed by atoms with Crippen LogP contribution in [-0.2, 0) is 10.8 Å². The molecule has 0 amide bonds. The summed E-state index contributed by atoms with van der Waals surface area (Å²) in [7, 11) is 0. The predicted molar refractivity (Wildman–Crippen MR) is 309 cm³/mol. The van der Waals surface area contributed by atoms with E-state index in [0.717, 1.165) is 17.1 Å². The van der Waals surface area contributed by atoms with Gasteiger partial charge in [-0.25, -0.2) is 0 Å². The van der Waals surface area contributed by atoms with Gasteiger partial charge in [0, 0.05) is 59.0 Å². The highest BCUT2D eigenvalue weighted by Crippen LogP contribution is 2.60. The van der Waals surface area contributed by atoms with Crippen molar-refractivity contribution in [3.8, 4) is 39.1 Å². The van der Waals surface area contributed by atoms with Gasteiger partial charge in [0.15, 0.2) is 0 Å². The van der Waals surface area contributed by atoms with Crippen molar-refractivity contribution < 1.29 is 0 Å². The molecule has 0 fully saturated rings. The Hall–Kier alpha value is -8.76. The van der Waals surface area contributed by atoms with Gasteiger partial charge in [0.25, 0.3) is 0 Å². The van der Waals surface area contributed by atoms with E-state index in [-0.39, 0.29) is 5.41 Å². The number of para-hydroxylation sites is 2. The molecular weight excluding hydrogens is 901 g/mol. The second kappa shape index (κ2) is 15.9. The van der Waals surface area contributed by atoms with E-state index >= 15 is 0 Å². The molecule has 2 aromatic heterocycles. The van der Waals surface area contributed by atoms with E-state index in [0.29, 0.717) is 0 Å². The van der Waals surface area contributed by atoms with Crippen LogP contribution in [0.5, 0.6) is 0 Å². The van der Waals surface area contributed by atoms with Crippen LogP contribution < -0.4 is 4.90 Å². The highest BCUT2D eigenvalue weighted by Gasteiger charge is 2.47. The number of nitrogens with zero attached hydrogens (tertiary/aromatic N) is 2. The minimum Gasteiger partial charge on any atom is -0.310 e. The highest BCUT2D eigenvalue weighted by molar-refractivity contribution is 7.26. The zero-order valence-corrected chi connectivity index (χ0v) is 41.4. The van der Waals surface area contributed by atoms with Crippen molar-refractivity contribution in [3.05, 3.63) is 288 Å². The Morgan fingerprint density at radius 2 is 0.932 bits per heavy atom. The summed E-state index contributed by atoms with van der Waals surface area (Å²) >= 11 is 1.89. The second-order valence-corrected chi connectivity index (χ2v) is 21.4. The molecule has 0 radical (unpaired) electrons. The van der Waals surface area contributed by atoms with Crippen molar-refractivity contribution in [2.75, 3.05) is 4.90 Å². The SMILES string of the molecule is CC1(C)c2cc(N(c3ccc(-c4cccc5c4sc4ccccc45)cc3)c3cccc4c3-c3ccccc3C4(c3ccccc3)c3ccccc3)ccc2-c2ccc(-n3c4ccccc4c4ccccc43)cc21. The summed E-state index contributed by atoms with van der Waals surface area (Å²) in [6.07, 6.45) is 0. The lowest BCUT2D eigenvalue weighted by Crippen LogP contribution is -2.28. The molecule has 0 N–H and O–H groups in total. The molecule has 344 valence electrons. The molecular formula is C70H48N2S. The summed E-state index contributed by atoms with van der Waals surface area (Å²) in [6.45, 7) is 4.82. The molecule has 11 aromatic carbocycles. The Morgan fingerprint density at radius 3 is 1.66 bits per heavy atom. The molecule has 2 heterocycles. The van der Waals surface area contributed by atoms with Gasteiger partial charge in [-0.05, 0) is 122 Å². The molecule has 0 spiro atoms. The van der Waals surface area contributed by atoms with Crippen LogP contribution in [0.15, 0.2) is 255 Å². The normalized spacial score (nSPS) is 13.8. The number of hydrogen-bond acceptors (Lipinski definition) is 2. The van der Waals surface area contributed by atoms with Crippen LogP contribution in [0.3, 0.4) is 0 Å². The summed E-state index contributed by atoms with van der Waals surface area (Å²) in [5.74, 6) is 0. The molecule has 2 nitrogen and oxygen atoms in total. The summed E-state index contributed by atoms with van der Waals surface area (Å²) < 4.78 is 5.09. The van der Waals surface area contributed by atoms with Gasteiger partial charge in [-0.2, -0.15) is 0 Å². The first-order valence-electron chi connectivity index (χ1n) is 25.4. The number of hydrogen-bond donors (Lipinski definition) is 0. The minimum absolute atomic E-state index is 0.283. The Kier molecular flexibility index (Phi) is 9.12. The maximum atomic E-state index is 2.54. The monoisotopic (exact) mass is 948 g/mol. The zero-order valence-electron chi connectivity index (χ0n) is 40.6. The van der Waals surface area contributed by atoms with Crippen LogP contribution in [0.1, 0.15) is 47.2 Å². The maximum absolute atomic E-state index is 2.54. The van der Waals surface area contributed by atoms with E-state index < -0.39 is 5.41 Å². The van der Waals surface area contributed by atoms with E-state index in [1.165, 1.54) is 114 Å². The first-order chi connectivity index (χ1) is 36.0. The third-order valence-corrected chi connectivity index (χ3v) is 17.5. The van der Waals surface area contributed by atoms with E-state index in [1.807, 2.05) is 11.3 Å². The molecule has 2 aliphatic rings. The van der Waals surface area contributed by atoms with Gasteiger partial charge < -0.3 is 9.47 Å². The van der Waals surface area contributed by atoms with E-state index in [2.05, 4.69) is 278 Å². The van der Waals surface area contributed by atoms with Gasteiger partial charge in [0.1, 0.15) is 0 Å². The fraction of sp³-hybridized carbons (Fsp3) is 0.0571. The molecule has 0 aliphatic heterocycles. The van der Waals surface area contributed by atoms with E-state index in [9.17, 15) is 0 Å². The highest BCUT2D eigenvalue weighted by atomic mass is 32.1. The molecule has 0 unspecified atom stereocenters. The molecule has 0 bridgehead atoms. The second-order valence-electron chi connectivity index (χ2n) is 20.3. The van der Waals surface area contributed by atoms with Gasteiger partial charge in [-0.1, -0.05) is 208 Å². The number of aromatic nitrogens is 1. The summed E-state index contributed by atoms with van der Waals surface area (Å²) in [6, 6.07) is 95.3. The minimum atomic E-state index is -0.529. The first-order valence-corrected chi connectivity index (χ1v) is 26.2. The van der Waals surface area contributed by atoms with Gasteiger partial charge >= 0.3 is 0 Å². The van der Waals surface area contributed by atoms with Crippen molar-refractivity contribution in [2.24, 2.45) is 0 Å². The average Bonchev–Trinajstić information content (AvgIpc) is 4.21. The molecule has 3 heteroatoms. The molecule has 0 atom stereocenters. The summed E-state index contributed by atoms with van der Waals surface area (Å²) in [5.41, 5.74) is 21.5. The quantitative estimate of drug-likeness (QED) is 0.155. The van der Waals surface area contributed by atoms with Crippen LogP contribution in [0.4, 0.5) is 17.1 Å². The van der Waals surface area contributed by atoms with Crippen molar-refractivity contribution in [2.45, 2.75) is 24.7 Å². The number of fused-ring (bicyclic) bond motifs is 12. The van der Waals surface area contributed by atoms with Crippen molar-refractivity contribution >= 4 is 70.4 Å². The van der Waals surface area contributed by atoms with E-state index in [4.69, 9.17) is 0 Å². The number of thiophene rings is 1. The Morgan fingerprint density at radius 1 is 0.384 bits per heavy atom. The van der Waals surface area contributed by atoms with Crippen LogP contribution in [-0.4, -0.2) is 4.57 Å². The van der Waals surface area contributed by atoms with Gasteiger partial charge in [0.05, 0.1) is 22.1 Å². The number of rotatable bonds is 7. The van der Waals surface area contributed by atoms with Crippen LogP contribution >= 0.6 is 11.3 Å². The Bertz CT molecular complexity index is 4250. The molecule has 2 aliphatic carbocycles. The molecule has 0 saturated carbocycles. The fourth-order valence-electron chi connectivity index (χ4n) is 13.0. The number of benzene rings is 11. The smallest absolute Gasteiger partial charge is 0.0714 e. The standard InChI is InChI=1S/C70H48N2S/c1-69(2)61-43-49(39-41-52(61)53-42-40-50(44-62(53)69)72-63-31-14-10-23-54(63)55-24-11-15-32-64(55)72)71(48-37-35-45(36-38-48)51-27-17-28-57-56-25-12-16-34-66(56)73-68(51)57)65-33-18-30-60-67(65)58-26-9-13-29-59(58)70(60,46-19-5-3-6-20-46)47-21-7-4-8-22-47/h3-44H,1-2H3. The van der Waals surface area contributed by atoms with Crippen LogP contribution in [0, 0.1) is 0 Å². The third-order valence-electron chi connectivity index (χ3n) is 16.3. The lowest BCUT2D eigenvalue weighted by molar-refractivity contribution is 0.660. The molecule has 15 rings (SSSR count). The molecule has 13 aromatic rings. The molecule has 73 heavy (non-hydrogen) atoms. The van der Waals surface area contributed by atoms with E-state index in [1.54, 1.807) is 0 Å². The Balaban J connectivity index is 0.932. The third kappa shape index (κ3) is 5.97. The van der Waals surface area contributed by atoms with Crippen molar-refractivity contribution in [1.82, 2.24) is 4.57 Å². The first kappa shape index (κ1) is 42.0. The average molecular weight is 949 g/mol. The van der Waals surface area contributed by atoms with Gasteiger partial charge in [-0.3, -0.25) is 0 Å². The lowest BCUT2D eigenvalue weighted by Gasteiger charge is -2.34. The summed E-state index contributed by atoms with van der Waals surface area (Å²) in [4.78, 5) is 2.54. The van der Waals surface area contributed by atoms with Gasteiger partial charge in [-0.15, -0.1) is 11.3 Å². The number of anilines is 3.